The number of hydrogen-bond acceptors (Lipinski definition) is 3. The van der Waals surface area contributed by atoms with Gasteiger partial charge in [0.15, 0.2) is 0 Å². The van der Waals surface area contributed by atoms with Gasteiger partial charge in [0.25, 0.3) is 6.71 Å². The van der Waals surface area contributed by atoms with E-state index in [4.69, 9.17) is 0 Å². The summed E-state index contributed by atoms with van der Waals surface area (Å²) in [6.07, 6.45) is 1.07. The number of nitrogens with zero attached hydrogens (tertiary/aromatic N) is 3. The van der Waals surface area contributed by atoms with Crippen molar-refractivity contribution in [2.45, 2.75) is 215 Å². The van der Waals surface area contributed by atoms with Crippen molar-refractivity contribution in [3.8, 4) is 11.1 Å². The molecule has 0 spiro atoms. The van der Waals surface area contributed by atoms with Crippen LogP contribution in [0, 0.1) is 6.92 Å². The van der Waals surface area contributed by atoms with Crippen LogP contribution in [0.15, 0.2) is 206 Å². The van der Waals surface area contributed by atoms with Crippen molar-refractivity contribution in [2.24, 2.45) is 0 Å². The highest BCUT2D eigenvalue weighted by molar-refractivity contribution is 7.00. The summed E-state index contributed by atoms with van der Waals surface area (Å²) >= 11 is 0. The Kier molecular flexibility index (Phi) is 16.2. The summed E-state index contributed by atoms with van der Waals surface area (Å²) in [5, 5.41) is 0. The number of aryl methyl sites for hydroxylation is 1. The maximum atomic E-state index is 2.72. The number of rotatable bonds is 9. The Morgan fingerprint density at radius 3 is 1.19 bits per heavy atom. The summed E-state index contributed by atoms with van der Waals surface area (Å²) in [6, 6.07) is 82.1. The first kappa shape index (κ1) is 67.2. The van der Waals surface area contributed by atoms with E-state index in [1.54, 1.807) is 0 Å². The zero-order chi connectivity index (χ0) is 69.6. The van der Waals surface area contributed by atoms with E-state index in [0.29, 0.717) is 0 Å². The molecule has 0 bridgehead atoms. The molecule has 0 saturated carbocycles. The van der Waals surface area contributed by atoms with Crippen LogP contribution in [0.3, 0.4) is 0 Å². The van der Waals surface area contributed by atoms with Crippen LogP contribution >= 0.6 is 0 Å². The van der Waals surface area contributed by atoms with Crippen molar-refractivity contribution in [2.75, 3.05) is 14.7 Å². The zero-order valence-electron chi connectivity index (χ0n) is 62.8. The van der Waals surface area contributed by atoms with Gasteiger partial charge in [0, 0.05) is 51.3 Å². The normalized spacial score (nSPS) is 15.1. The summed E-state index contributed by atoms with van der Waals surface area (Å²) in [5.41, 5.74) is 32.4. The molecule has 10 aromatic carbocycles. The third kappa shape index (κ3) is 12.3. The predicted molar refractivity (Wildman–Crippen MR) is 422 cm³/mol. The fourth-order valence-corrected chi connectivity index (χ4v) is 16.3. The molecule has 10 aromatic rings. The van der Waals surface area contributed by atoms with E-state index in [1.165, 1.54) is 123 Å². The Morgan fingerprint density at radius 1 is 0.340 bits per heavy atom. The van der Waals surface area contributed by atoms with Crippen molar-refractivity contribution in [1.82, 2.24) is 0 Å². The van der Waals surface area contributed by atoms with Gasteiger partial charge in [-0.2, -0.15) is 0 Å². The molecule has 13 rings (SSSR count). The average molecular weight is 1280 g/mol. The highest BCUT2D eigenvalue weighted by Gasteiger charge is 2.49. The smallest absolute Gasteiger partial charge is 0.252 e. The Morgan fingerprint density at radius 2 is 0.732 bits per heavy atom. The highest BCUT2D eigenvalue weighted by Crippen LogP contribution is 2.55. The second-order valence-electron chi connectivity index (χ2n) is 36.4. The van der Waals surface area contributed by atoms with Gasteiger partial charge in [0.05, 0.1) is 11.4 Å². The van der Waals surface area contributed by atoms with E-state index in [1.807, 2.05) is 0 Å². The van der Waals surface area contributed by atoms with E-state index in [-0.39, 0.29) is 56.0 Å². The minimum Gasteiger partial charge on any atom is -0.311 e. The molecule has 0 amide bonds. The standard InChI is InChI=1S/C93H106BN3/c1-59-51-68(90(14,15)16)42-49-78(59)96-81-57-75-74(92(20,21)58-93(75,22)23)56-77(81)94-76-48-33-63(84(61-29-34-64(35-30-61)86(2,3)4)62-31-36-65(37-32-62)87(5,6)7)52-80(76)97(79-50-43-69(91(17,18)19)53-73(79)60-27-25-24-26-28-60)83-55-72(54-82(96)85(83)94)95(70-44-38-66(39-45-70)88(8,9)10)71-46-40-67(41-47-71)89(11,12)13/h24-57,84H,58H2,1-23H3. The molecule has 3 nitrogen and oxygen atoms in total. The van der Waals surface area contributed by atoms with Gasteiger partial charge in [-0.05, 0) is 212 Å². The van der Waals surface area contributed by atoms with Gasteiger partial charge < -0.3 is 14.7 Å². The highest BCUT2D eigenvalue weighted by atomic mass is 15.2. The summed E-state index contributed by atoms with van der Waals surface area (Å²) in [6.45, 7) is 54.1. The van der Waals surface area contributed by atoms with E-state index in [2.05, 4.69) is 380 Å². The second kappa shape index (κ2) is 23.4. The SMILES string of the molecule is Cc1cc(C(C)(C)C)ccc1N1c2cc3c(cc2B2c4ccc(C(c5ccc(C(C)(C)C)cc5)c5ccc(C(C)(C)C)cc5)cc4N(c4ccc(C(C)(C)C)cc4-c4ccccc4)c4cc(N(c5ccc(C(C)(C)C)cc5)c5ccc(C(C)(C)C)cc5)cc1c42)C(C)(C)CC3(C)C. The molecule has 1 aliphatic carbocycles. The first-order chi connectivity index (χ1) is 45.3. The Balaban J connectivity index is 1.21. The van der Waals surface area contributed by atoms with Gasteiger partial charge in [0.1, 0.15) is 0 Å². The maximum Gasteiger partial charge on any atom is 0.252 e. The number of benzene rings is 10. The second-order valence-corrected chi connectivity index (χ2v) is 36.4. The van der Waals surface area contributed by atoms with Crippen LogP contribution in [0.2, 0.25) is 0 Å². The van der Waals surface area contributed by atoms with Crippen LogP contribution in [-0.2, 0) is 43.3 Å². The van der Waals surface area contributed by atoms with Gasteiger partial charge in [-0.15, -0.1) is 0 Å². The zero-order valence-corrected chi connectivity index (χ0v) is 62.8. The summed E-state index contributed by atoms with van der Waals surface area (Å²) in [7, 11) is 0. The third-order valence-corrected chi connectivity index (χ3v) is 21.8. The maximum absolute atomic E-state index is 2.72. The van der Waals surface area contributed by atoms with Crippen molar-refractivity contribution in [1.29, 1.82) is 0 Å². The largest absolute Gasteiger partial charge is 0.311 e. The fraction of sp³-hybridized carbons (Fsp3) is 0.355. The lowest BCUT2D eigenvalue weighted by molar-refractivity contribution is 0.403. The average Bonchev–Trinajstić information content (AvgIpc) is 1.66. The molecule has 2 aliphatic heterocycles. The quantitative estimate of drug-likeness (QED) is 0.105. The van der Waals surface area contributed by atoms with Crippen LogP contribution < -0.4 is 31.1 Å². The molecule has 0 radical (unpaired) electrons. The summed E-state index contributed by atoms with van der Waals surface area (Å²) < 4.78 is 0. The molecule has 0 N–H and O–H groups in total. The Labute approximate surface area is 584 Å². The predicted octanol–water partition coefficient (Wildman–Crippen LogP) is 24.1. The van der Waals surface area contributed by atoms with Crippen LogP contribution in [0.4, 0.5) is 51.2 Å². The number of fused-ring (bicyclic) bond motifs is 5. The molecule has 3 aliphatic rings. The molecule has 0 saturated heterocycles. The van der Waals surface area contributed by atoms with Gasteiger partial charge in [0.2, 0.25) is 0 Å². The monoisotopic (exact) mass is 1280 g/mol. The van der Waals surface area contributed by atoms with Crippen molar-refractivity contribution in [3.63, 3.8) is 0 Å². The van der Waals surface area contributed by atoms with Gasteiger partial charge in [-0.1, -0.05) is 292 Å². The molecule has 0 fully saturated rings. The molecule has 496 valence electrons. The van der Waals surface area contributed by atoms with Crippen molar-refractivity contribution < 1.29 is 0 Å². The minimum atomic E-state index is -0.139. The molecule has 97 heavy (non-hydrogen) atoms. The molecule has 4 heteroatoms. The Hall–Kier alpha value is -8.34. The topological polar surface area (TPSA) is 9.72 Å². The Bertz CT molecular complexity index is 4520. The van der Waals surface area contributed by atoms with Gasteiger partial charge in [-0.25, -0.2) is 0 Å². The number of anilines is 9. The lowest BCUT2D eigenvalue weighted by Crippen LogP contribution is -2.61. The summed E-state index contributed by atoms with van der Waals surface area (Å²) in [5.74, 6) is -0.0718. The molecule has 0 atom stereocenters. The van der Waals surface area contributed by atoms with Crippen LogP contribution in [0.1, 0.15) is 231 Å². The fourth-order valence-electron chi connectivity index (χ4n) is 16.3. The van der Waals surface area contributed by atoms with E-state index in [0.717, 1.165) is 29.2 Å². The van der Waals surface area contributed by atoms with Crippen LogP contribution in [0.25, 0.3) is 11.1 Å². The first-order valence-electron chi connectivity index (χ1n) is 35.9. The van der Waals surface area contributed by atoms with Gasteiger partial charge in [-0.3, -0.25) is 0 Å². The lowest BCUT2D eigenvalue weighted by atomic mass is 9.33. The van der Waals surface area contributed by atoms with Crippen LogP contribution in [-0.4, -0.2) is 6.71 Å². The summed E-state index contributed by atoms with van der Waals surface area (Å²) in [4.78, 5) is 7.97. The van der Waals surface area contributed by atoms with E-state index in [9.17, 15) is 0 Å². The van der Waals surface area contributed by atoms with E-state index < -0.39 is 0 Å². The molecule has 2 heterocycles. The van der Waals surface area contributed by atoms with Crippen LogP contribution in [0.5, 0.6) is 0 Å². The molecule has 0 unspecified atom stereocenters. The van der Waals surface area contributed by atoms with Gasteiger partial charge >= 0.3 is 0 Å². The van der Waals surface area contributed by atoms with Crippen molar-refractivity contribution in [3.05, 3.63) is 273 Å². The van der Waals surface area contributed by atoms with Crippen molar-refractivity contribution >= 4 is 74.3 Å². The molecular formula is C93H106BN3. The first-order valence-corrected chi connectivity index (χ1v) is 35.9. The molecule has 0 aromatic heterocycles. The minimum absolute atomic E-state index is 0.00562. The molecular weight excluding hydrogens is 1170 g/mol. The number of hydrogen-bond donors (Lipinski definition) is 0. The lowest BCUT2D eigenvalue weighted by Gasteiger charge is -2.46. The van der Waals surface area contributed by atoms with E-state index >= 15 is 0 Å². The third-order valence-electron chi connectivity index (χ3n) is 21.8.